The van der Waals surface area contributed by atoms with Gasteiger partial charge in [0, 0.05) is 28.5 Å². The number of imidazole rings is 1. The lowest BCUT2D eigenvalue weighted by Gasteiger charge is -2.05. The highest BCUT2D eigenvalue weighted by Crippen LogP contribution is 2.25. The summed E-state index contributed by atoms with van der Waals surface area (Å²) in [6, 6.07) is 12.4. The number of aryl methyl sites for hydroxylation is 1. The SMILES string of the molecule is CCc1ccc(-c2cn3c(CC(=O)Nc4ccc(F)c(Cl)c4)csc3n2)cc1. The predicted octanol–water partition coefficient (Wildman–Crippen LogP) is 5.60. The van der Waals surface area contributed by atoms with Crippen LogP contribution in [0, 0.1) is 5.82 Å². The fourth-order valence-electron chi connectivity index (χ4n) is 2.95. The molecule has 7 heteroatoms. The summed E-state index contributed by atoms with van der Waals surface area (Å²) in [5, 5.41) is 4.64. The van der Waals surface area contributed by atoms with Gasteiger partial charge in [0.2, 0.25) is 5.91 Å². The third-order valence-corrected chi connectivity index (χ3v) is 5.66. The molecular weight excluding hydrogens is 397 g/mol. The molecule has 4 aromatic rings. The number of hydrogen-bond donors (Lipinski definition) is 1. The van der Waals surface area contributed by atoms with Gasteiger partial charge in [-0.1, -0.05) is 42.8 Å². The predicted molar refractivity (Wildman–Crippen MR) is 112 cm³/mol. The number of rotatable bonds is 5. The van der Waals surface area contributed by atoms with Gasteiger partial charge in [0.25, 0.3) is 0 Å². The molecule has 0 atom stereocenters. The molecular formula is C21H17ClFN3OS. The molecule has 0 unspecified atom stereocenters. The van der Waals surface area contributed by atoms with E-state index in [0.717, 1.165) is 28.3 Å². The molecule has 0 spiro atoms. The smallest absolute Gasteiger partial charge is 0.230 e. The lowest BCUT2D eigenvalue weighted by Crippen LogP contribution is -2.15. The first-order valence-electron chi connectivity index (χ1n) is 8.83. The molecule has 2 heterocycles. The van der Waals surface area contributed by atoms with Crippen LogP contribution in [0.3, 0.4) is 0 Å². The number of fused-ring (bicyclic) bond motifs is 1. The van der Waals surface area contributed by atoms with Gasteiger partial charge in [-0.15, -0.1) is 11.3 Å². The largest absolute Gasteiger partial charge is 0.326 e. The topological polar surface area (TPSA) is 46.4 Å². The van der Waals surface area contributed by atoms with Crippen molar-refractivity contribution in [1.29, 1.82) is 0 Å². The lowest BCUT2D eigenvalue weighted by atomic mass is 10.1. The van der Waals surface area contributed by atoms with Gasteiger partial charge in [-0.3, -0.25) is 9.20 Å². The van der Waals surface area contributed by atoms with Gasteiger partial charge in [0.15, 0.2) is 4.96 Å². The van der Waals surface area contributed by atoms with Crippen LogP contribution in [0.25, 0.3) is 16.2 Å². The minimum absolute atomic E-state index is 0.0240. The number of anilines is 1. The summed E-state index contributed by atoms with van der Waals surface area (Å²) in [7, 11) is 0. The van der Waals surface area contributed by atoms with E-state index in [4.69, 9.17) is 11.6 Å². The molecule has 4 nitrogen and oxygen atoms in total. The Morgan fingerprint density at radius 1 is 1.25 bits per heavy atom. The van der Waals surface area contributed by atoms with E-state index < -0.39 is 5.82 Å². The Bertz CT molecular complexity index is 1150. The zero-order valence-corrected chi connectivity index (χ0v) is 16.6. The Hall–Kier alpha value is -2.70. The second-order valence-electron chi connectivity index (χ2n) is 6.41. The molecule has 28 heavy (non-hydrogen) atoms. The van der Waals surface area contributed by atoms with Crippen LogP contribution < -0.4 is 5.32 Å². The first-order valence-corrected chi connectivity index (χ1v) is 10.1. The number of benzene rings is 2. The first-order chi connectivity index (χ1) is 13.5. The zero-order valence-electron chi connectivity index (χ0n) is 15.1. The minimum atomic E-state index is -0.517. The number of amides is 1. The number of carbonyl (C=O) groups excluding carboxylic acids is 1. The quantitative estimate of drug-likeness (QED) is 0.463. The summed E-state index contributed by atoms with van der Waals surface area (Å²) >= 11 is 7.25. The van der Waals surface area contributed by atoms with Crippen LogP contribution in [0.5, 0.6) is 0 Å². The first kappa shape index (κ1) is 18.7. The van der Waals surface area contributed by atoms with Crippen molar-refractivity contribution in [3.8, 4) is 11.3 Å². The number of halogens is 2. The Morgan fingerprint density at radius 2 is 2.04 bits per heavy atom. The summed E-state index contributed by atoms with van der Waals surface area (Å²) in [6.07, 6.45) is 3.13. The van der Waals surface area contributed by atoms with Crippen LogP contribution in [0.15, 0.2) is 54.0 Å². The van der Waals surface area contributed by atoms with Gasteiger partial charge in [-0.05, 0) is 30.2 Å². The fourth-order valence-corrected chi connectivity index (χ4v) is 4.00. The van der Waals surface area contributed by atoms with E-state index in [1.54, 1.807) is 0 Å². The van der Waals surface area contributed by atoms with Crippen molar-refractivity contribution in [1.82, 2.24) is 9.38 Å². The Labute approximate surface area is 170 Å². The number of hydrogen-bond acceptors (Lipinski definition) is 3. The van der Waals surface area contributed by atoms with E-state index in [-0.39, 0.29) is 17.4 Å². The average Bonchev–Trinajstić information content (AvgIpc) is 3.27. The second-order valence-corrected chi connectivity index (χ2v) is 7.65. The van der Waals surface area contributed by atoms with Crippen molar-refractivity contribution < 1.29 is 9.18 Å². The van der Waals surface area contributed by atoms with E-state index >= 15 is 0 Å². The van der Waals surface area contributed by atoms with E-state index in [2.05, 4.69) is 41.5 Å². The van der Waals surface area contributed by atoms with Gasteiger partial charge in [-0.2, -0.15) is 0 Å². The standard InChI is InChI=1S/C21H17ClFN3OS/c1-2-13-3-5-14(6-4-13)19-11-26-16(12-28-21(26)25-19)10-20(27)24-15-7-8-18(23)17(22)9-15/h3-9,11-12H,2,10H2,1H3,(H,24,27). The van der Waals surface area contributed by atoms with Crippen molar-refractivity contribution in [3.05, 3.63) is 76.1 Å². The highest BCUT2D eigenvalue weighted by molar-refractivity contribution is 7.15. The van der Waals surface area contributed by atoms with E-state index in [9.17, 15) is 9.18 Å². The fraction of sp³-hybridized carbons (Fsp3) is 0.143. The summed E-state index contributed by atoms with van der Waals surface area (Å²) in [5.74, 6) is -0.720. The van der Waals surface area contributed by atoms with E-state index in [1.807, 2.05) is 16.0 Å². The number of thiazole rings is 1. The number of aromatic nitrogens is 2. The Morgan fingerprint density at radius 3 is 2.75 bits per heavy atom. The maximum atomic E-state index is 13.2. The molecule has 0 saturated heterocycles. The Balaban J connectivity index is 1.53. The highest BCUT2D eigenvalue weighted by Gasteiger charge is 2.13. The summed E-state index contributed by atoms with van der Waals surface area (Å²) in [5.41, 5.74) is 4.51. The maximum absolute atomic E-state index is 13.2. The van der Waals surface area contributed by atoms with Crippen molar-refractivity contribution in [2.45, 2.75) is 19.8 Å². The van der Waals surface area contributed by atoms with Crippen molar-refractivity contribution >= 4 is 39.5 Å². The Kier molecular flexibility index (Phi) is 5.15. The molecule has 2 aromatic heterocycles. The molecule has 2 aromatic carbocycles. The molecule has 0 radical (unpaired) electrons. The normalized spacial score (nSPS) is 11.1. The molecule has 4 rings (SSSR count). The van der Waals surface area contributed by atoms with Crippen molar-refractivity contribution in [3.63, 3.8) is 0 Å². The molecule has 1 amide bonds. The monoisotopic (exact) mass is 413 g/mol. The molecule has 1 N–H and O–H groups in total. The zero-order chi connectivity index (χ0) is 19.7. The van der Waals surface area contributed by atoms with Gasteiger partial charge >= 0.3 is 0 Å². The molecule has 0 bridgehead atoms. The average molecular weight is 414 g/mol. The molecule has 0 fully saturated rings. The number of carbonyl (C=O) groups is 1. The molecule has 0 aliphatic heterocycles. The molecule has 142 valence electrons. The van der Waals surface area contributed by atoms with Crippen molar-refractivity contribution in [2.24, 2.45) is 0 Å². The highest BCUT2D eigenvalue weighted by atomic mass is 35.5. The number of nitrogens with zero attached hydrogens (tertiary/aromatic N) is 2. The van der Waals surface area contributed by atoms with E-state index in [0.29, 0.717) is 5.69 Å². The number of nitrogens with one attached hydrogen (secondary N) is 1. The van der Waals surface area contributed by atoms with Gasteiger partial charge in [0.05, 0.1) is 17.1 Å². The lowest BCUT2D eigenvalue weighted by molar-refractivity contribution is -0.115. The third kappa shape index (κ3) is 3.79. The van der Waals surface area contributed by atoms with Gasteiger partial charge in [0.1, 0.15) is 5.82 Å². The van der Waals surface area contributed by atoms with Crippen LogP contribution in [0.2, 0.25) is 5.02 Å². The van der Waals surface area contributed by atoms with Crippen molar-refractivity contribution in [2.75, 3.05) is 5.32 Å². The van der Waals surface area contributed by atoms with E-state index in [1.165, 1.54) is 35.1 Å². The van der Waals surface area contributed by atoms with Gasteiger partial charge in [-0.25, -0.2) is 9.37 Å². The summed E-state index contributed by atoms with van der Waals surface area (Å²) in [6.45, 7) is 2.12. The summed E-state index contributed by atoms with van der Waals surface area (Å²) < 4.78 is 15.2. The molecule has 0 aliphatic rings. The third-order valence-electron chi connectivity index (χ3n) is 4.49. The second kappa shape index (κ2) is 7.73. The van der Waals surface area contributed by atoms with Gasteiger partial charge < -0.3 is 5.32 Å². The van der Waals surface area contributed by atoms with Crippen LogP contribution >= 0.6 is 22.9 Å². The molecule has 0 aliphatic carbocycles. The van der Waals surface area contributed by atoms with Crippen LogP contribution in [0.1, 0.15) is 18.2 Å². The minimum Gasteiger partial charge on any atom is -0.326 e. The summed E-state index contributed by atoms with van der Waals surface area (Å²) in [4.78, 5) is 17.9. The molecule has 0 saturated carbocycles. The maximum Gasteiger partial charge on any atom is 0.230 e. The van der Waals surface area contributed by atoms with Crippen LogP contribution in [-0.2, 0) is 17.6 Å². The van der Waals surface area contributed by atoms with Crippen LogP contribution in [0.4, 0.5) is 10.1 Å². The van der Waals surface area contributed by atoms with Crippen LogP contribution in [-0.4, -0.2) is 15.3 Å².